The lowest BCUT2D eigenvalue weighted by atomic mass is 9.85. The highest BCUT2D eigenvalue weighted by Gasteiger charge is 2.36. The van der Waals surface area contributed by atoms with Crippen LogP contribution in [0.5, 0.6) is 0 Å². The maximum Gasteiger partial charge on any atom is 0.254 e. The molecule has 2 heterocycles. The second kappa shape index (κ2) is 11.0. The molecule has 0 spiro atoms. The van der Waals surface area contributed by atoms with Crippen molar-refractivity contribution in [1.29, 1.82) is 5.26 Å². The highest BCUT2D eigenvalue weighted by molar-refractivity contribution is 8.03. The van der Waals surface area contributed by atoms with Crippen molar-refractivity contribution in [2.24, 2.45) is 0 Å². The average Bonchev–Trinajstić information content (AvgIpc) is 3.39. The Kier molecular flexibility index (Phi) is 7.56. The Balaban J connectivity index is 1.60. The first-order chi connectivity index (χ1) is 17.4. The molecule has 36 heavy (non-hydrogen) atoms. The van der Waals surface area contributed by atoms with Crippen LogP contribution in [0.15, 0.2) is 93.2 Å². The lowest BCUT2D eigenvalue weighted by Gasteiger charge is -2.28. The third kappa shape index (κ3) is 5.34. The molecule has 1 aliphatic rings. The molecule has 3 N–H and O–H groups in total. The zero-order valence-corrected chi connectivity index (χ0v) is 20.4. The number of carbonyl (C=O) groups is 2. The van der Waals surface area contributed by atoms with Gasteiger partial charge in [-0.05, 0) is 49.7 Å². The molecule has 0 saturated carbocycles. The summed E-state index contributed by atoms with van der Waals surface area (Å²) in [7, 11) is 0. The molecule has 0 aliphatic carbocycles. The number of amides is 2. The van der Waals surface area contributed by atoms with Gasteiger partial charge in [-0.15, -0.1) is 0 Å². The van der Waals surface area contributed by atoms with Crippen LogP contribution < -0.4 is 16.0 Å². The van der Waals surface area contributed by atoms with Crippen molar-refractivity contribution in [3.8, 4) is 6.07 Å². The van der Waals surface area contributed by atoms with Gasteiger partial charge in [-0.25, -0.2) is 4.39 Å². The van der Waals surface area contributed by atoms with Gasteiger partial charge in [0.25, 0.3) is 5.91 Å². The van der Waals surface area contributed by atoms with Gasteiger partial charge in [0.2, 0.25) is 5.91 Å². The molecule has 7 nitrogen and oxygen atoms in total. The molecular formula is C27H23FN4O3S. The number of carbonyl (C=O) groups excluding carboxylic acids is 2. The first kappa shape index (κ1) is 24.8. The Labute approximate surface area is 212 Å². The number of aryl methyl sites for hydroxylation is 1. The number of anilines is 2. The fourth-order valence-electron chi connectivity index (χ4n) is 3.86. The summed E-state index contributed by atoms with van der Waals surface area (Å²) in [6.45, 7) is 3.59. The van der Waals surface area contributed by atoms with E-state index >= 15 is 0 Å². The molecule has 0 bridgehead atoms. The molecule has 3 aromatic rings. The van der Waals surface area contributed by atoms with E-state index in [1.54, 1.807) is 25.1 Å². The fraction of sp³-hybridized carbons (Fsp3) is 0.148. The molecule has 182 valence electrons. The number of nitrogens with one attached hydrogen (secondary N) is 3. The molecule has 1 atom stereocenters. The number of para-hydroxylation sites is 2. The summed E-state index contributed by atoms with van der Waals surface area (Å²) >= 11 is 1.15. The second-order valence-electron chi connectivity index (χ2n) is 8.05. The highest BCUT2D eigenvalue weighted by Crippen LogP contribution is 2.41. The van der Waals surface area contributed by atoms with Crippen molar-refractivity contribution < 1.29 is 18.4 Å². The number of halogens is 1. The van der Waals surface area contributed by atoms with E-state index in [9.17, 15) is 19.2 Å². The number of furan rings is 1. The second-order valence-corrected chi connectivity index (χ2v) is 9.04. The summed E-state index contributed by atoms with van der Waals surface area (Å²) in [5.74, 6) is -1.79. The zero-order chi connectivity index (χ0) is 25.7. The van der Waals surface area contributed by atoms with E-state index in [-0.39, 0.29) is 28.5 Å². The van der Waals surface area contributed by atoms with Gasteiger partial charge in [0.15, 0.2) is 0 Å². The first-order valence-corrected chi connectivity index (χ1v) is 12.1. The molecule has 0 saturated heterocycles. The fourth-order valence-corrected chi connectivity index (χ4v) is 4.75. The summed E-state index contributed by atoms with van der Waals surface area (Å²) in [6, 6.07) is 18.8. The molecule has 0 fully saturated rings. The van der Waals surface area contributed by atoms with E-state index in [2.05, 4.69) is 22.0 Å². The molecule has 1 aromatic heterocycles. The van der Waals surface area contributed by atoms with E-state index in [1.807, 2.05) is 31.2 Å². The SMILES string of the molecule is CC1=C(C(=O)Nc2ccccc2F)[C@@H](c2ccco2)C(C#N)=C(SCC(=O)Nc2ccccc2C)N1. The van der Waals surface area contributed by atoms with Gasteiger partial charge in [0.05, 0.1) is 45.9 Å². The van der Waals surface area contributed by atoms with Gasteiger partial charge in [-0.1, -0.05) is 42.1 Å². The number of nitrogens with zero attached hydrogens (tertiary/aromatic N) is 1. The van der Waals surface area contributed by atoms with Crippen LogP contribution >= 0.6 is 11.8 Å². The summed E-state index contributed by atoms with van der Waals surface area (Å²) < 4.78 is 19.8. The smallest absolute Gasteiger partial charge is 0.254 e. The number of dihydropyridines is 1. The average molecular weight is 503 g/mol. The number of hydrogen-bond donors (Lipinski definition) is 3. The van der Waals surface area contributed by atoms with Gasteiger partial charge in [0.1, 0.15) is 11.6 Å². The highest BCUT2D eigenvalue weighted by atomic mass is 32.2. The lowest BCUT2D eigenvalue weighted by molar-refractivity contribution is -0.114. The summed E-state index contributed by atoms with van der Waals surface area (Å²) in [4.78, 5) is 25.9. The Hall–Kier alpha value is -4.29. The summed E-state index contributed by atoms with van der Waals surface area (Å²) in [6.07, 6.45) is 1.45. The predicted molar refractivity (Wildman–Crippen MR) is 137 cm³/mol. The van der Waals surface area contributed by atoms with E-state index in [1.165, 1.54) is 24.5 Å². The third-order valence-electron chi connectivity index (χ3n) is 5.61. The topological polar surface area (TPSA) is 107 Å². The quantitative estimate of drug-likeness (QED) is 0.398. The number of allylic oxidation sites excluding steroid dienone is 2. The van der Waals surface area contributed by atoms with Gasteiger partial charge in [0, 0.05) is 11.4 Å². The van der Waals surface area contributed by atoms with E-state index in [0.717, 1.165) is 17.3 Å². The zero-order valence-electron chi connectivity index (χ0n) is 19.6. The van der Waals surface area contributed by atoms with Crippen LogP contribution in [0.4, 0.5) is 15.8 Å². The molecule has 0 unspecified atom stereocenters. The van der Waals surface area contributed by atoms with Crippen LogP contribution in [-0.2, 0) is 9.59 Å². The normalized spacial score (nSPS) is 15.2. The minimum atomic E-state index is -0.833. The van der Waals surface area contributed by atoms with Gasteiger partial charge >= 0.3 is 0 Å². The third-order valence-corrected chi connectivity index (χ3v) is 6.63. The van der Waals surface area contributed by atoms with Gasteiger partial charge in [-0.3, -0.25) is 9.59 Å². The number of thioether (sulfide) groups is 1. The standard InChI is InChI=1S/C27H23FN4O3S/c1-16-8-3-5-10-20(16)31-23(33)15-36-27-18(14-29)25(22-12-7-13-35-22)24(17(2)30-27)26(34)32-21-11-6-4-9-19(21)28/h3-13,25,30H,15H2,1-2H3,(H,31,33)(H,32,34)/t25-/m1/s1. The van der Waals surface area contributed by atoms with Crippen LogP contribution in [0.2, 0.25) is 0 Å². The van der Waals surface area contributed by atoms with Crippen molar-refractivity contribution in [3.63, 3.8) is 0 Å². The van der Waals surface area contributed by atoms with Crippen LogP contribution in [0, 0.1) is 24.1 Å². The number of rotatable bonds is 7. The molecule has 4 rings (SSSR count). The Morgan fingerprint density at radius 1 is 1.06 bits per heavy atom. The molecular weight excluding hydrogens is 479 g/mol. The predicted octanol–water partition coefficient (Wildman–Crippen LogP) is 5.43. The van der Waals surface area contributed by atoms with Crippen molar-refractivity contribution in [3.05, 3.63) is 106 Å². The van der Waals surface area contributed by atoms with Crippen LogP contribution in [0.25, 0.3) is 0 Å². The van der Waals surface area contributed by atoms with E-state index in [4.69, 9.17) is 4.42 Å². The molecule has 1 aliphatic heterocycles. The molecule has 2 amide bonds. The molecule has 9 heteroatoms. The first-order valence-electron chi connectivity index (χ1n) is 11.1. The van der Waals surface area contributed by atoms with Gasteiger partial charge < -0.3 is 20.4 Å². The Morgan fingerprint density at radius 2 is 1.78 bits per heavy atom. The number of hydrogen-bond acceptors (Lipinski definition) is 6. The number of benzene rings is 2. The summed E-state index contributed by atoms with van der Waals surface area (Å²) in [5.41, 5.74) is 2.58. The number of nitriles is 1. The van der Waals surface area contributed by atoms with Crippen molar-refractivity contribution in [2.45, 2.75) is 19.8 Å². The van der Waals surface area contributed by atoms with Crippen molar-refractivity contribution >= 4 is 35.0 Å². The monoisotopic (exact) mass is 502 g/mol. The summed E-state index contributed by atoms with van der Waals surface area (Å²) in [5, 5.41) is 19.1. The van der Waals surface area contributed by atoms with Crippen LogP contribution in [-0.4, -0.2) is 17.6 Å². The van der Waals surface area contributed by atoms with Gasteiger partial charge in [-0.2, -0.15) is 5.26 Å². The van der Waals surface area contributed by atoms with E-state index < -0.39 is 17.6 Å². The van der Waals surface area contributed by atoms with Crippen molar-refractivity contribution in [2.75, 3.05) is 16.4 Å². The Morgan fingerprint density at radius 3 is 2.44 bits per heavy atom. The molecule has 0 radical (unpaired) electrons. The van der Waals surface area contributed by atoms with Crippen molar-refractivity contribution in [1.82, 2.24) is 5.32 Å². The Bertz CT molecular complexity index is 1410. The minimum Gasteiger partial charge on any atom is -0.468 e. The van der Waals surface area contributed by atoms with Crippen LogP contribution in [0.3, 0.4) is 0 Å². The maximum absolute atomic E-state index is 14.2. The molecule has 2 aromatic carbocycles. The largest absolute Gasteiger partial charge is 0.468 e. The maximum atomic E-state index is 14.2. The minimum absolute atomic E-state index is 0.0246. The van der Waals surface area contributed by atoms with E-state index in [0.29, 0.717) is 22.2 Å². The lowest BCUT2D eigenvalue weighted by Crippen LogP contribution is -2.31. The van der Waals surface area contributed by atoms with Crippen LogP contribution in [0.1, 0.15) is 24.2 Å².